The topological polar surface area (TPSA) is 20.2 Å². The summed E-state index contributed by atoms with van der Waals surface area (Å²) in [6.07, 6.45) is 13.1. The average molecular weight is 440 g/mol. The van der Waals surface area contributed by atoms with Gasteiger partial charge in [0.1, 0.15) is 0 Å². The van der Waals surface area contributed by atoms with Gasteiger partial charge < -0.3 is 5.11 Å². The summed E-state index contributed by atoms with van der Waals surface area (Å²) < 4.78 is 0.502. The summed E-state index contributed by atoms with van der Waals surface area (Å²) in [6, 6.07) is 0. The van der Waals surface area contributed by atoms with Gasteiger partial charge in [0.25, 0.3) is 0 Å². The molecule has 0 unspecified atom stereocenters. The maximum atomic E-state index is 10.2. The lowest BCUT2D eigenvalue weighted by Crippen LogP contribution is -2.36. The van der Waals surface area contributed by atoms with Gasteiger partial charge >= 0.3 is 0 Å². The molecule has 24 heavy (non-hydrogen) atoms. The molecule has 3 rings (SSSR count). The predicted molar refractivity (Wildman–Crippen MR) is 111 cm³/mol. The number of aliphatic hydroxyl groups is 1. The van der Waals surface area contributed by atoms with Crippen LogP contribution in [0, 0.1) is 23.7 Å². The Morgan fingerprint density at radius 2 is 2.00 bits per heavy atom. The van der Waals surface area contributed by atoms with E-state index in [-0.39, 0.29) is 6.10 Å². The lowest BCUT2D eigenvalue weighted by Gasteiger charge is -2.39. The van der Waals surface area contributed by atoms with Gasteiger partial charge in [-0.3, -0.25) is 0 Å². The third kappa shape index (κ3) is 3.42. The Balaban J connectivity index is 1.76. The van der Waals surface area contributed by atoms with E-state index in [9.17, 15) is 5.11 Å². The molecule has 0 radical (unpaired) electrons. The van der Waals surface area contributed by atoms with Crippen molar-refractivity contribution in [2.75, 3.05) is 0 Å². The van der Waals surface area contributed by atoms with Crippen molar-refractivity contribution in [3.8, 4) is 0 Å². The first-order valence-electron chi connectivity index (χ1n) is 9.77. The Hall–Kier alpha value is -0.0900. The van der Waals surface area contributed by atoms with Crippen molar-refractivity contribution in [2.45, 2.75) is 75.2 Å². The van der Waals surface area contributed by atoms with Crippen molar-refractivity contribution >= 4 is 22.6 Å². The summed E-state index contributed by atoms with van der Waals surface area (Å²) in [5, 5.41) is 10.2. The largest absolute Gasteiger partial charge is 0.388 e. The second-order valence-corrected chi connectivity index (χ2v) is 10.7. The highest BCUT2D eigenvalue weighted by atomic mass is 127. The molecule has 0 heterocycles. The molecule has 1 nitrogen and oxygen atoms in total. The smallest absolute Gasteiger partial charge is 0.0787 e. The quantitative estimate of drug-likeness (QED) is 0.307. The molecule has 0 amide bonds. The predicted octanol–water partition coefficient (Wildman–Crippen LogP) is 6.23. The van der Waals surface area contributed by atoms with Crippen molar-refractivity contribution in [2.24, 2.45) is 23.7 Å². The zero-order valence-electron chi connectivity index (χ0n) is 15.5. The highest BCUT2D eigenvalue weighted by Gasteiger charge is 2.50. The third-order valence-electron chi connectivity index (χ3n) is 6.98. The first-order chi connectivity index (χ1) is 11.3. The van der Waals surface area contributed by atoms with Crippen LogP contribution in [-0.2, 0) is 0 Å². The molecule has 134 valence electrons. The van der Waals surface area contributed by atoms with Gasteiger partial charge in [0.05, 0.1) is 6.10 Å². The zero-order chi connectivity index (χ0) is 17.5. The van der Waals surface area contributed by atoms with Crippen molar-refractivity contribution < 1.29 is 5.11 Å². The summed E-state index contributed by atoms with van der Waals surface area (Å²) in [7, 11) is 0. The minimum Gasteiger partial charge on any atom is -0.388 e. The fraction of sp³-hybridized carbons (Fsp3) is 0.727. The van der Waals surface area contributed by atoms with Crippen LogP contribution in [0.1, 0.15) is 65.7 Å². The molecule has 3 aliphatic rings. The number of fused-ring (bicyclic) bond motifs is 1. The molecule has 3 fully saturated rings. The minimum absolute atomic E-state index is 0.341. The molecular weight excluding hydrogens is 407 g/mol. The Kier molecular flexibility index (Phi) is 5.66. The van der Waals surface area contributed by atoms with Gasteiger partial charge in [-0.2, -0.15) is 0 Å². The lowest BCUT2D eigenvalue weighted by atomic mass is 9.72. The van der Waals surface area contributed by atoms with E-state index >= 15 is 0 Å². The third-order valence-corrected chi connectivity index (χ3v) is 9.56. The van der Waals surface area contributed by atoms with Crippen LogP contribution in [0.5, 0.6) is 0 Å². The Morgan fingerprint density at radius 3 is 2.67 bits per heavy atom. The van der Waals surface area contributed by atoms with E-state index in [0.717, 1.165) is 36.2 Å². The molecule has 2 heteroatoms. The molecule has 0 bridgehead atoms. The highest BCUT2D eigenvalue weighted by molar-refractivity contribution is 14.1. The van der Waals surface area contributed by atoms with Gasteiger partial charge in [-0.25, -0.2) is 0 Å². The summed E-state index contributed by atoms with van der Waals surface area (Å²) in [5.74, 6) is 2.85. The Labute approximate surface area is 161 Å². The van der Waals surface area contributed by atoms with Crippen molar-refractivity contribution in [1.29, 1.82) is 0 Å². The molecular formula is C22H33IO. The monoisotopic (exact) mass is 440 g/mol. The van der Waals surface area contributed by atoms with Crippen LogP contribution < -0.4 is 0 Å². The fourth-order valence-corrected chi connectivity index (χ4v) is 6.35. The molecule has 0 aromatic carbocycles. The van der Waals surface area contributed by atoms with E-state index in [1.807, 2.05) is 0 Å². The van der Waals surface area contributed by atoms with Crippen LogP contribution in [-0.4, -0.2) is 14.6 Å². The molecule has 0 aromatic rings. The Bertz CT molecular complexity index is 542. The van der Waals surface area contributed by atoms with Crippen LogP contribution in [0.2, 0.25) is 0 Å². The summed E-state index contributed by atoms with van der Waals surface area (Å²) >= 11 is 2.79. The van der Waals surface area contributed by atoms with E-state index in [0.29, 0.717) is 9.34 Å². The van der Waals surface area contributed by atoms with Crippen LogP contribution in [0.3, 0.4) is 0 Å². The van der Waals surface area contributed by atoms with Crippen molar-refractivity contribution in [3.05, 3.63) is 35.5 Å². The van der Waals surface area contributed by atoms with E-state index in [1.54, 1.807) is 5.57 Å². The number of allylic oxidation sites excluding steroid dienone is 3. The Morgan fingerprint density at radius 1 is 1.25 bits per heavy atom. The maximum Gasteiger partial charge on any atom is 0.0787 e. The molecule has 3 saturated carbocycles. The number of alkyl halides is 1. The first-order valence-corrected chi connectivity index (χ1v) is 10.8. The molecule has 0 aliphatic heterocycles. The van der Waals surface area contributed by atoms with Crippen LogP contribution in [0.4, 0.5) is 0 Å². The normalized spacial score (nSPS) is 43.7. The zero-order valence-corrected chi connectivity index (χ0v) is 17.7. The second kappa shape index (κ2) is 7.26. The van der Waals surface area contributed by atoms with E-state index in [4.69, 9.17) is 0 Å². The van der Waals surface area contributed by atoms with Crippen LogP contribution >= 0.6 is 22.6 Å². The second-order valence-electron chi connectivity index (χ2n) is 8.69. The number of hydrogen-bond donors (Lipinski definition) is 1. The van der Waals surface area contributed by atoms with Gasteiger partial charge in [-0.05, 0) is 74.2 Å². The molecule has 0 spiro atoms. The first kappa shape index (κ1) is 18.7. The van der Waals surface area contributed by atoms with E-state index in [2.05, 4.69) is 62.1 Å². The summed E-state index contributed by atoms with van der Waals surface area (Å²) in [5.41, 5.74) is 4.10. The minimum atomic E-state index is -0.341. The SMILES string of the molecule is C=C1[C@H](C)C/C(=C/C=C2\CCC[C@H]3[C@H]2CC[C@]3(I)C(C)C)C[C@H]1O. The number of halogens is 1. The molecule has 3 aliphatic carbocycles. The average Bonchev–Trinajstić information content (AvgIpc) is 2.90. The van der Waals surface area contributed by atoms with Gasteiger partial charge in [-0.15, -0.1) is 0 Å². The highest BCUT2D eigenvalue weighted by Crippen LogP contribution is 2.57. The standard InChI is InChI=1S/C22H33IO/c1-14(2)22(23)11-10-19-18(6-5-7-20(19)22)9-8-17-12-15(3)16(4)21(24)13-17/h8-9,14-15,19-21,24H,4-7,10-13H2,1-3H3/b17-8-,18-9+/t15-,19+,20+,21-,22+/m1/s1. The summed E-state index contributed by atoms with van der Waals surface area (Å²) in [6.45, 7) is 11.0. The van der Waals surface area contributed by atoms with Crippen molar-refractivity contribution in [3.63, 3.8) is 0 Å². The van der Waals surface area contributed by atoms with Gasteiger partial charge in [0.2, 0.25) is 0 Å². The molecule has 0 saturated heterocycles. The van der Waals surface area contributed by atoms with E-state index < -0.39 is 0 Å². The fourth-order valence-electron chi connectivity index (χ4n) is 5.29. The van der Waals surface area contributed by atoms with E-state index in [1.165, 1.54) is 37.7 Å². The lowest BCUT2D eigenvalue weighted by molar-refractivity contribution is 0.185. The molecule has 0 aromatic heterocycles. The van der Waals surface area contributed by atoms with Crippen LogP contribution in [0.25, 0.3) is 0 Å². The maximum absolute atomic E-state index is 10.2. The van der Waals surface area contributed by atoms with Crippen molar-refractivity contribution in [1.82, 2.24) is 0 Å². The van der Waals surface area contributed by atoms with Gasteiger partial charge in [-0.1, -0.05) is 73.2 Å². The number of aliphatic hydroxyl groups excluding tert-OH is 1. The summed E-state index contributed by atoms with van der Waals surface area (Å²) in [4.78, 5) is 0. The molecule has 5 atom stereocenters. The molecule has 1 N–H and O–H groups in total. The van der Waals surface area contributed by atoms with Crippen LogP contribution in [0.15, 0.2) is 35.5 Å². The number of hydrogen-bond acceptors (Lipinski definition) is 1. The van der Waals surface area contributed by atoms with Gasteiger partial charge in [0.15, 0.2) is 0 Å². The van der Waals surface area contributed by atoms with Gasteiger partial charge in [0, 0.05) is 3.42 Å². The number of rotatable bonds is 2.